The van der Waals surface area contributed by atoms with E-state index in [1.807, 2.05) is 0 Å². The van der Waals surface area contributed by atoms with Crippen LogP contribution >= 0.6 is 0 Å². The van der Waals surface area contributed by atoms with Crippen LogP contribution in [-0.2, 0) is 24.2 Å². The summed E-state index contributed by atoms with van der Waals surface area (Å²) < 4.78 is 16.4. The van der Waals surface area contributed by atoms with Crippen LogP contribution in [0.3, 0.4) is 0 Å². The van der Waals surface area contributed by atoms with Gasteiger partial charge in [-0.1, -0.05) is 0 Å². The lowest BCUT2D eigenvalue weighted by Gasteiger charge is -2.22. The number of carbonyl (C=O) groups is 1. The van der Waals surface area contributed by atoms with E-state index in [-0.39, 0.29) is 12.7 Å². The van der Waals surface area contributed by atoms with Crippen molar-refractivity contribution >= 4 is 5.91 Å². The molecule has 1 aliphatic heterocycles. The molecule has 1 aromatic heterocycles. The van der Waals surface area contributed by atoms with Crippen LogP contribution in [0.5, 0.6) is 17.2 Å². The molecule has 4 rings (SSSR count). The highest BCUT2D eigenvalue weighted by molar-refractivity contribution is 5.80. The van der Waals surface area contributed by atoms with E-state index in [4.69, 9.17) is 14.2 Å². The molecule has 25 heavy (non-hydrogen) atoms. The average molecular weight is 343 g/mol. The zero-order valence-electron chi connectivity index (χ0n) is 14.4. The molecule has 1 unspecified atom stereocenters. The van der Waals surface area contributed by atoms with Crippen LogP contribution in [0.1, 0.15) is 30.3 Å². The van der Waals surface area contributed by atoms with Gasteiger partial charge in [0.25, 0.3) is 5.91 Å². The third kappa shape index (κ3) is 3.01. The summed E-state index contributed by atoms with van der Waals surface area (Å²) in [6, 6.07) is 5.30. The summed E-state index contributed by atoms with van der Waals surface area (Å²) in [5, 5.41) is 7.43. The second-order valence-corrected chi connectivity index (χ2v) is 6.45. The van der Waals surface area contributed by atoms with Gasteiger partial charge in [-0.2, -0.15) is 5.10 Å². The maximum Gasteiger partial charge on any atom is 0.263 e. The Morgan fingerprint density at radius 3 is 3.08 bits per heavy atom. The minimum Gasteiger partial charge on any atom is -0.481 e. The Morgan fingerprint density at radius 2 is 2.20 bits per heavy atom. The van der Waals surface area contributed by atoms with Gasteiger partial charge in [0, 0.05) is 18.8 Å². The van der Waals surface area contributed by atoms with Gasteiger partial charge in [0.1, 0.15) is 5.75 Å². The van der Waals surface area contributed by atoms with E-state index >= 15 is 0 Å². The molecule has 0 saturated heterocycles. The summed E-state index contributed by atoms with van der Waals surface area (Å²) in [6.07, 6.45) is 2.63. The molecule has 0 fully saturated rings. The van der Waals surface area contributed by atoms with Crippen LogP contribution in [0.15, 0.2) is 18.2 Å². The van der Waals surface area contributed by atoms with E-state index in [0.717, 1.165) is 25.0 Å². The Labute approximate surface area is 145 Å². The van der Waals surface area contributed by atoms with Crippen LogP contribution in [0.2, 0.25) is 0 Å². The number of carbonyl (C=O) groups excluding carboxylic acids is 1. The second kappa shape index (κ2) is 6.31. The summed E-state index contributed by atoms with van der Waals surface area (Å²) in [7, 11) is 1.78. The first-order valence-corrected chi connectivity index (χ1v) is 8.48. The number of ether oxygens (including phenoxy) is 3. The minimum absolute atomic E-state index is 0.0904. The Bertz CT molecular complexity index is 802. The lowest BCUT2D eigenvalue weighted by Crippen LogP contribution is -2.37. The quantitative estimate of drug-likeness (QED) is 0.899. The molecule has 1 aliphatic carbocycles. The van der Waals surface area contributed by atoms with Crippen molar-refractivity contribution in [3.05, 3.63) is 35.2 Å². The Hall–Kier alpha value is -2.70. The third-order valence-corrected chi connectivity index (χ3v) is 4.66. The predicted octanol–water partition coefficient (Wildman–Crippen LogP) is 2.05. The molecule has 0 radical (unpaired) electrons. The zero-order valence-corrected chi connectivity index (χ0v) is 14.4. The standard InChI is InChI=1S/C18H21N3O4/c1-11(25-12-6-7-16-17(8-12)24-10-23-16)18(22)21(2)9-15-13-4-3-5-14(13)19-20-15/h6-8,11H,3-5,9-10H2,1-2H3,(H,19,20). The molecular weight excluding hydrogens is 322 g/mol. The molecule has 7 nitrogen and oxygen atoms in total. The fourth-order valence-corrected chi connectivity index (χ4v) is 3.34. The summed E-state index contributed by atoms with van der Waals surface area (Å²) in [6.45, 7) is 2.45. The SMILES string of the molecule is CC(Oc1ccc2c(c1)OCO2)C(=O)N(C)Cc1n[nH]c2c1CCC2. The van der Waals surface area contributed by atoms with Gasteiger partial charge in [0.05, 0.1) is 12.2 Å². The number of hydrogen-bond acceptors (Lipinski definition) is 5. The number of rotatable bonds is 5. The highest BCUT2D eigenvalue weighted by atomic mass is 16.7. The van der Waals surface area contributed by atoms with Gasteiger partial charge in [-0.15, -0.1) is 0 Å². The number of amides is 1. The summed E-state index contributed by atoms with van der Waals surface area (Å²) in [4.78, 5) is 14.3. The van der Waals surface area contributed by atoms with Crippen molar-refractivity contribution in [1.29, 1.82) is 0 Å². The maximum absolute atomic E-state index is 12.6. The third-order valence-electron chi connectivity index (χ3n) is 4.66. The van der Waals surface area contributed by atoms with Gasteiger partial charge in [-0.05, 0) is 43.9 Å². The summed E-state index contributed by atoms with van der Waals surface area (Å²) in [5.41, 5.74) is 3.43. The van der Waals surface area contributed by atoms with Crippen molar-refractivity contribution in [3.8, 4) is 17.2 Å². The Morgan fingerprint density at radius 1 is 1.36 bits per heavy atom. The molecule has 1 N–H and O–H groups in total. The van der Waals surface area contributed by atoms with E-state index in [2.05, 4.69) is 10.2 Å². The molecule has 1 atom stereocenters. The molecule has 132 valence electrons. The van der Waals surface area contributed by atoms with Crippen LogP contribution in [0.25, 0.3) is 0 Å². The van der Waals surface area contributed by atoms with E-state index in [0.29, 0.717) is 23.8 Å². The van der Waals surface area contributed by atoms with Crippen LogP contribution in [0.4, 0.5) is 0 Å². The molecule has 2 aromatic rings. The van der Waals surface area contributed by atoms with Gasteiger partial charge in [0.2, 0.25) is 6.79 Å². The number of nitrogens with zero attached hydrogens (tertiary/aromatic N) is 2. The van der Waals surface area contributed by atoms with Crippen molar-refractivity contribution in [1.82, 2.24) is 15.1 Å². The van der Waals surface area contributed by atoms with Crippen molar-refractivity contribution in [2.75, 3.05) is 13.8 Å². The number of fused-ring (bicyclic) bond motifs is 2. The number of aryl methyl sites for hydroxylation is 1. The Balaban J connectivity index is 1.39. The molecule has 0 spiro atoms. The number of likely N-dealkylation sites (N-methyl/N-ethyl adjacent to an activating group) is 1. The average Bonchev–Trinajstić information content (AvgIpc) is 3.31. The van der Waals surface area contributed by atoms with Crippen molar-refractivity contribution in [2.45, 2.75) is 38.8 Å². The molecule has 2 aliphatic rings. The first kappa shape index (κ1) is 15.8. The fraction of sp³-hybridized carbons (Fsp3) is 0.444. The smallest absolute Gasteiger partial charge is 0.263 e. The second-order valence-electron chi connectivity index (χ2n) is 6.45. The van der Waals surface area contributed by atoms with Gasteiger partial charge in [-0.3, -0.25) is 9.89 Å². The van der Waals surface area contributed by atoms with Crippen molar-refractivity contribution in [3.63, 3.8) is 0 Å². The number of aromatic nitrogens is 2. The zero-order chi connectivity index (χ0) is 17.4. The van der Waals surface area contributed by atoms with E-state index in [1.54, 1.807) is 37.1 Å². The van der Waals surface area contributed by atoms with Crippen molar-refractivity contribution in [2.24, 2.45) is 0 Å². The fourth-order valence-electron chi connectivity index (χ4n) is 3.34. The van der Waals surface area contributed by atoms with Gasteiger partial charge >= 0.3 is 0 Å². The largest absolute Gasteiger partial charge is 0.481 e. The first-order valence-electron chi connectivity index (χ1n) is 8.48. The van der Waals surface area contributed by atoms with Gasteiger partial charge in [0.15, 0.2) is 17.6 Å². The number of aromatic amines is 1. The molecular formula is C18H21N3O4. The van der Waals surface area contributed by atoms with Crippen molar-refractivity contribution < 1.29 is 19.0 Å². The highest BCUT2D eigenvalue weighted by Crippen LogP contribution is 2.35. The molecule has 0 saturated carbocycles. The lowest BCUT2D eigenvalue weighted by molar-refractivity contribution is -0.137. The van der Waals surface area contributed by atoms with E-state index < -0.39 is 6.10 Å². The number of nitrogens with one attached hydrogen (secondary N) is 1. The predicted molar refractivity (Wildman–Crippen MR) is 89.7 cm³/mol. The summed E-state index contributed by atoms with van der Waals surface area (Å²) in [5.74, 6) is 1.82. The monoisotopic (exact) mass is 343 g/mol. The molecule has 1 aromatic carbocycles. The normalized spacial score (nSPS) is 15.8. The number of benzene rings is 1. The van der Waals surface area contributed by atoms with Crippen LogP contribution in [-0.4, -0.2) is 40.9 Å². The molecule has 0 bridgehead atoms. The highest BCUT2D eigenvalue weighted by Gasteiger charge is 2.24. The number of hydrogen-bond donors (Lipinski definition) is 1. The first-order chi connectivity index (χ1) is 12.1. The van der Waals surface area contributed by atoms with E-state index in [1.165, 1.54) is 11.3 Å². The molecule has 7 heteroatoms. The minimum atomic E-state index is -0.600. The molecule has 1 amide bonds. The summed E-state index contributed by atoms with van der Waals surface area (Å²) >= 11 is 0. The topological polar surface area (TPSA) is 76.7 Å². The van der Waals surface area contributed by atoms with Gasteiger partial charge in [-0.25, -0.2) is 0 Å². The Kier molecular flexibility index (Phi) is 3.99. The molecule has 2 heterocycles. The number of H-pyrrole nitrogens is 1. The van der Waals surface area contributed by atoms with E-state index in [9.17, 15) is 4.79 Å². The lowest BCUT2D eigenvalue weighted by atomic mass is 10.2. The maximum atomic E-state index is 12.6. The van der Waals surface area contributed by atoms with Crippen LogP contribution < -0.4 is 14.2 Å². The van der Waals surface area contributed by atoms with Crippen LogP contribution in [0, 0.1) is 0 Å². The van der Waals surface area contributed by atoms with Gasteiger partial charge < -0.3 is 19.1 Å².